The van der Waals surface area contributed by atoms with Crippen molar-refractivity contribution < 1.29 is 0 Å². The van der Waals surface area contributed by atoms with E-state index in [2.05, 4.69) is 77.9 Å². The predicted molar refractivity (Wildman–Crippen MR) is 182 cm³/mol. The van der Waals surface area contributed by atoms with Gasteiger partial charge in [0.15, 0.2) is 0 Å². The number of hydrogen-bond acceptors (Lipinski definition) is 3. The summed E-state index contributed by atoms with van der Waals surface area (Å²) in [6.07, 6.45) is 13.3. The number of hydrogen-bond donors (Lipinski definition) is 0. The van der Waals surface area contributed by atoms with Gasteiger partial charge < -0.3 is 0 Å². The first-order chi connectivity index (χ1) is 18.8. The lowest BCUT2D eigenvalue weighted by molar-refractivity contribution is 0.437. The van der Waals surface area contributed by atoms with Crippen LogP contribution in [0.25, 0.3) is 39.0 Å². The summed E-state index contributed by atoms with van der Waals surface area (Å²) in [6.45, 7) is 14.2. The average molecular weight is 577 g/mol. The van der Waals surface area contributed by atoms with Gasteiger partial charge in [-0.3, -0.25) is 0 Å². The SMILES string of the molecule is CC(C)CCCC(C)CCc1ccc2c(c1)sc1c2sc2c3ccc(CCC(C)CCCC(C)C)cc3sc21. The Labute approximate surface area is 248 Å². The molecule has 39 heavy (non-hydrogen) atoms. The number of aryl methyl sites for hydroxylation is 2. The van der Waals surface area contributed by atoms with Crippen LogP contribution in [0.15, 0.2) is 36.4 Å². The second-order valence-electron chi connectivity index (χ2n) is 13.2. The number of benzene rings is 2. The molecule has 0 spiro atoms. The highest BCUT2D eigenvalue weighted by Gasteiger charge is 2.17. The quantitative estimate of drug-likeness (QED) is 0.123. The van der Waals surface area contributed by atoms with Gasteiger partial charge in [0.25, 0.3) is 0 Å². The minimum absolute atomic E-state index is 0.822. The van der Waals surface area contributed by atoms with E-state index in [1.54, 1.807) is 0 Å². The maximum Gasteiger partial charge on any atom is 0.0642 e. The lowest BCUT2D eigenvalue weighted by atomic mass is 9.94. The van der Waals surface area contributed by atoms with Gasteiger partial charge in [-0.1, -0.05) is 104 Å². The minimum atomic E-state index is 0.822. The maximum absolute atomic E-state index is 2.49. The van der Waals surface area contributed by atoms with Crippen molar-refractivity contribution >= 4 is 73.0 Å². The molecule has 210 valence electrons. The normalized spacial score (nSPS) is 14.2. The molecule has 2 unspecified atom stereocenters. The topological polar surface area (TPSA) is 0 Å². The summed E-state index contributed by atoms with van der Waals surface area (Å²) in [6, 6.07) is 14.6. The molecule has 5 aromatic rings. The van der Waals surface area contributed by atoms with Crippen LogP contribution in [-0.4, -0.2) is 0 Å². The summed E-state index contributed by atoms with van der Waals surface area (Å²) in [7, 11) is 0. The third-order valence-electron chi connectivity index (χ3n) is 8.64. The zero-order valence-electron chi connectivity index (χ0n) is 25.1. The van der Waals surface area contributed by atoms with Crippen molar-refractivity contribution in [2.45, 2.75) is 106 Å². The molecule has 2 aromatic carbocycles. The van der Waals surface area contributed by atoms with Crippen LogP contribution in [-0.2, 0) is 12.8 Å². The van der Waals surface area contributed by atoms with Crippen LogP contribution in [0.4, 0.5) is 0 Å². The molecule has 5 rings (SSSR count). The Morgan fingerprint density at radius 1 is 0.487 bits per heavy atom. The molecular weight excluding hydrogens is 529 g/mol. The van der Waals surface area contributed by atoms with Crippen LogP contribution in [0, 0.1) is 23.7 Å². The minimum Gasteiger partial charge on any atom is -0.133 e. The molecule has 0 nitrogen and oxygen atoms in total. The first-order valence-corrected chi connectivity index (χ1v) is 18.0. The van der Waals surface area contributed by atoms with Crippen LogP contribution >= 0.6 is 34.0 Å². The zero-order chi connectivity index (χ0) is 27.5. The van der Waals surface area contributed by atoms with Gasteiger partial charge in [0.05, 0.1) is 18.8 Å². The maximum atomic E-state index is 2.49. The summed E-state index contributed by atoms with van der Waals surface area (Å²) >= 11 is 6.08. The second-order valence-corrected chi connectivity index (χ2v) is 16.3. The van der Waals surface area contributed by atoms with Crippen LogP contribution < -0.4 is 0 Å². The molecule has 0 aliphatic heterocycles. The van der Waals surface area contributed by atoms with Crippen molar-refractivity contribution in [2.75, 3.05) is 0 Å². The molecule has 0 amide bonds. The Morgan fingerprint density at radius 2 is 0.923 bits per heavy atom. The molecule has 0 saturated heterocycles. The molecule has 3 aromatic heterocycles. The molecule has 0 N–H and O–H groups in total. The predicted octanol–water partition coefficient (Wildman–Crippen LogP) is 13.3. The lowest BCUT2D eigenvalue weighted by Gasteiger charge is -2.12. The van der Waals surface area contributed by atoms with Gasteiger partial charge in [-0.25, -0.2) is 0 Å². The fraction of sp³-hybridized carbons (Fsp3) is 0.556. The van der Waals surface area contributed by atoms with Crippen LogP contribution in [0.3, 0.4) is 0 Å². The summed E-state index contributed by atoms with van der Waals surface area (Å²) in [5, 5.41) is 2.93. The smallest absolute Gasteiger partial charge is 0.0642 e. The van der Waals surface area contributed by atoms with E-state index < -0.39 is 0 Å². The van der Waals surface area contributed by atoms with E-state index in [0.29, 0.717) is 0 Å². The summed E-state index contributed by atoms with van der Waals surface area (Å²) < 4.78 is 9.01. The lowest BCUT2D eigenvalue weighted by Crippen LogP contribution is -1.99. The van der Waals surface area contributed by atoms with E-state index in [0.717, 1.165) is 23.7 Å². The number of thiophene rings is 3. The molecule has 0 aliphatic carbocycles. The fourth-order valence-electron chi connectivity index (χ4n) is 6.01. The standard InChI is InChI=1S/C36H48S3/c1-23(2)9-7-11-25(5)13-15-27-17-19-29-31(21-27)37-35-33(29)39-34-30-20-18-28(22-32(30)38-36(34)35)16-14-26(6)12-8-10-24(3)4/h17-26H,7-16H2,1-6H3. The highest BCUT2D eigenvalue weighted by atomic mass is 32.1. The molecule has 0 bridgehead atoms. The van der Waals surface area contributed by atoms with Crippen LogP contribution in [0.5, 0.6) is 0 Å². The van der Waals surface area contributed by atoms with Crippen molar-refractivity contribution in [1.29, 1.82) is 0 Å². The van der Waals surface area contributed by atoms with Gasteiger partial charge in [-0.05, 0) is 72.6 Å². The van der Waals surface area contributed by atoms with Gasteiger partial charge in [-0.15, -0.1) is 34.0 Å². The highest BCUT2D eigenvalue weighted by Crippen LogP contribution is 2.50. The van der Waals surface area contributed by atoms with E-state index in [1.165, 1.54) is 114 Å². The van der Waals surface area contributed by atoms with Gasteiger partial charge >= 0.3 is 0 Å². The molecule has 3 heteroatoms. The van der Waals surface area contributed by atoms with E-state index in [4.69, 9.17) is 0 Å². The molecule has 0 saturated carbocycles. The van der Waals surface area contributed by atoms with E-state index in [9.17, 15) is 0 Å². The molecule has 0 fully saturated rings. The monoisotopic (exact) mass is 576 g/mol. The number of fused-ring (bicyclic) bond motifs is 7. The first-order valence-electron chi connectivity index (χ1n) is 15.6. The molecular formula is C36H48S3. The van der Waals surface area contributed by atoms with E-state index >= 15 is 0 Å². The Hall–Kier alpha value is -1.42. The van der Waals surface area contributed by atoms with Crippen molar-refractivity contribution in [3.63, 3.8) is 0 Å². The van der Waals surface area contributed by atoms with Gasteiger partial charge in [0.1, 0.15) is 0 Å². The fourth-order valence-corrected chi connectivity index (χ4v) is 10.4. The Balaban J connectivity index is 1.28. The van der Waals surface area contributed by atoms with Crippen molar-refractivity contribution in [1.82, 2.24) is 0 Å². The van der Waals surface area contributed by atoms with Crippen molar-refractivity contribution in [3.8, 4) is 0 Å². The third-order valence-corrected chi connectivity index (χ3v) is 12.6. The molecule has 0 radical (unpaired) electrons. The Morgan fingerprint density at radius 3 is 1.33 bits per heavy atom. The van der Waals surface area contributed by atoms with E-state index in [1.807, 2.05) is 34.0 Å². The van der Waals surface area contributed by atoms with Gasteiger partial charge in [0, 0.05) is 20.2 Å². The Kier molecular flexibility index (Phi) is 9.73. The Bertz CT molecular complexity index is 1400. The van der Waals surface area contributed by atoms with Crippen LogP contribution in [0.1, 0.15) is 104 Å². The molecule has 3 heterocycles. The first kappa shape index (κ1) is 29.1. The highest BCUT2D eigenvalue weighted by molar-refractivity contribution is 7.43. The van der Waals surface area contributed by atoms with Gasteiger partial charge in [-0.2, -0.15) is 0 Å². The molecule has 2 atom stereocenters. The second kappa shape index (κ2) is 13.0. The largest absolute Gasteiger partial charge is 0.133 e. The van der Waals surface area contributed by atoms with Gasteiger partial charge in [0.2, 0.25) is 0 Å². The summed E-state index contributed by atoms with van der Waals surface area (Å²) in [5.74, 6) is 3.31. The van der Waals surface area contributed by atoms with Crippen LogP contribution in [0.2, 0.25) is 0 Å². The van der Waals surface area contributed by atoms with Crippen molar-refractivity contribution in [2.24, 2.45) is 23.7 Å². The summed E-state index contributed by atoms with van der Waals surface area (Å²) in [5.41, 5.74) is 3.03. The molecule has 0 aliphatic rings. The average Bonchev–Trinajstić information content (AvgIpc) is 3.53. The third kappa shape index (κ3) is 7.08. The number of rotatable bonds is 14. The van der Waals surface area contributed by atoms with Crippen molar-refractivity contribution in [3.05, 3.63) is 47.5 Å². The summed E-state index contributed by atoms with van der Waals surface area (Å²) in [4.78, 5) is 0. The zero-order valence-corrected chi connectivity index (χ0v) is 27.5. The van der Waals surface area contributed by atoms with E-state index in [-0.39, 0.29) is 0 Å².